The van der Waals surface area contributed by atoms with Crippen molar-refractivity contribution in [3.63, 3.8) is 0 Å². The van der Waals surface area contributed by atoms with Crippen LogP contribution >= 0.6 is 0 Å². The van der Waals surface area contributed by atoms with Gasteiger partial charge in [0.15, 0.2) is 0 Å². The number of carbonyl (C=O) groups is 1. The molecule has 0 spiro atoms. The molecule has 1 saturated heterocycles. The lowest BCUT2D eigenvalue weighted by Crippen LogP contribution is -2.21. The van der Waals surface area contributed by atoms with E-state index in [0.29, 0.717) is 18.7 Å². The Morgan fingerprint density at radius 1 is 1.25 bits per heavy atom. The van der Waals surface area contributed by atoms with Crippen LogP contribution in [0, 0.1) is 17.6 Å². The molecule has 2 unspecified atom stereocenters. The summed E-state index contributed by atoms with van der Waals surface area (Å²) in [6.07, 6.45) is 0. The quantitative estimate of drug-likeness (QED) is 0.801. The highest BCUT2D eigenvalue weighted by Crippen LogP contribution is 2.29. The van der Waals surface area contributed by atoms with E-state index in [1.165, 1.54) is 12.1 Å². The fourth-order valence-corrected chi connectivity index (χ4v) is 2.08. The predicted molar refractivity (Wildman–Crippen MR) is 53.1 cm³/mol. The second kappa shape index (κ2) is 4.17. The smallest absolute Gasteiger partial charge is 0.308 e. The Hall–Kier alpha value is -1.49. The molecular weight excluding hydrogens is 216 g/mol. The molecule has 86 valence electrons. The zero-order valence-electron chi connectivity index (χ0n) is 8.41. The van der Waals surface area contributed by atoms with E-state index in [4.69, 9.17) is 5.11 Å². The van der Waals surface area contributed by atoms with E-state index in [1.54, 1.807) is 0 Å². The minimum absolute atomic E-state index is 0.331. The van der Waals surface area contributed by atoms with Crippen LogP contribution in [0.4, 0.5) is 8.78 Å². The molecule has 1 fully saturated rings. The summed E-state index contributed by atoms with van der Waals surface area (Å²) in [4.78, 5) is 10.9. The number of halogens is 2. The third-order valence-corrected chi connectivity index (χ3v) is 2.84. The summed E-state index contributed by atoms with van der Waals surface area (Å²) in [7, 11) is 0. The highest BCUT2D eigenvalue weighted by atomic mass is 19.1. The van der Waals surface area contributed by atoms with Crippen molar-refractivity contribution in [2.75, 3.05) is 13.1 Å². The van der Waals surface area contributed by atoms with Gasteiger partial charge in [-0.05, 0) is 17.7 Å². The van der Waals surface area contributed by atoms with Crippen molar-refractivity contribution in [2.45, 2.75) is 5.92 Å². The predicted octanol–water partition coefficient (Wildman–Crippen LogP) is 1.35. The van der Waals surface area contributed by atoms with Crippen LogP contribution in [-0.2, 0) is 4.79 Å². The number of benzene rings is 1. The van der Waals surface area contributed by atoms with Gasteiger partial charge in [-0.2, -0.15) is 0 Å². The Kier molecular flexibility index (Phi) is 2.87. The van der Waals surface area contributed by atoms with Crippen molar-refractivity contribution in [2.24, 2.45) is 5.92 Å². The maximum Gasteiger partial charge on any atom is 0.308 e. The number of nitrogens with one attached hydrogen (secondary N) is 1. The maximum absolute atomic E-state index is 13.0. The van der Waals surface area contributed by atoms with E-state index in [-0.39, 0.29) is 5.92 Å². The van der Waals surface area contributed by atoms with Gasteiger partial charge in [-0.1, -0.05) is 0 Å². The average molecular weight is 227 g/mol. The van der Waals surface area contributed by atoms with Crippen LogP contribution < -0.4 is 5.32 Å². The summed E-state index contributed by atoms with van der Waals surface area (Å²) in [5.74, 6) is -3.29. The normalized spacial score (nSPS) is 24.6. The first kappa shape index (κ1) is 11.0. The van der Waals surface area contributed by atoms with Crippen molar-refractivity contribution in [3.05, 3.63) is 35.4 Å². The molecule has 0 saturated carbocycles. The number of rotatable bonds is 2. The van der Waals surface area contributed by atoms with Crippen molar-refractivity contribution in [1.82, 2.24) is 5.32 Å². The summed E-state index contributed by atoms with van der Waals surface area (Å²) >= 11 is 0. The second-order valence-electron chi connectivity index (χ2n) is 3.91. The van der Waals surface area contributed by atoms with E-state index in [2.05, 4.69) is 5.32 Å². The third-order valence-electron chi connectivity index (χ3n) is 2.84. The van der Waals surface area contributed by atoms with E-state index < -0.39 is 23.5 Å². The van der Waals surface area contributed by atoms with Gasteiger partial charge < -0.3 is 10.4 Å². The molecule has 0 bridgehead atoms. The molecule has 2 atom stereocenters. The highest BCUT2D eigenvalue weighted by Gasteiger charge is 2.34. The average Bonchev–Trinajstić information content (AvgIpc) is 2.63. The molecule has 0 amide bonds. The van der Waals surface area contributed by atoms with Gasteiger partial charge in [0.25, 0.3) is 0 Å². The number of hydrogen-bond donors (Lipinski definition) is 2. The Bertz CT molecular complexity index is 402. The molecule has 1 aliphatic heterocycles. The number of carboxylic acids is 1. The van der Waals surface area contributed by atoms with E-state index in [0.717, 1.165) is 6.07 Å². The third kappa shape index (κ3) is 2.04. The lowest BCUT2D eigenvalue weighted by Gasteiger charge is -2.15. The van der Waals surface area contributed by atoms with Crippen LogP contribution in [0.2, 0.25) is 0 Å². The van der Waals surface area contributed by atoms with E-state index >= 15 is 0 Å². The van der Waals surface area contributed by atoms with Crippen molar-refractivity contribution in [1.29, 1.82) is 0 Å². The monoisotopic (exact) mass is 227 g/mol. The van der Waals surface area contributed by atoms with Crippen molar-refractivity contribution in [3.8, 4) is 0 Å². The second-order valence-corrected chi connectivity index (χ2v) is 3.91. The van der Waals surface area contributed by atoms with Crippen molar-refractivity contribution < 1.29 is 18.7 Å². The van der Waals surface area contributed by atoms with Crippen LogP contribution in [0.1, 0.15) is 11.5 Å². The van der Waals surface area contributed by atoms with Gasteiger partial charge in [-0.25, -0.2) is 8.78 Å². The molecule has 1 aromatic carbocycles. The molecule has 2 rings (SSSR count). The van der Waals surface area contributed by atoms with Crippen LogP contribution in [0.5, 0.6) is 0 Å². The summed E-state index contributed by atoms with van der Waals surface area (Å²) in [6, 6.07) is 3.16. The van der Waals surface area contributed by atoms with Gasteiger partial charge in [-0.15, -0.1) is 0 Å². The lowest BCUT2D eigenvalue weighted by molar-refractivity contribution is -0.141. The van der Waals surface area contributed by atoms with E-state index in [1.807, 2.05) is 0 Å². The van der Waals surface area contributed by atoms with Gasteiger partial charge >= 0.3 is 5.97 Å². The molecule has 16 heavy (non-hydrogen) atoms. The molecule has 2 N–H and O–H groups in total. The zero-order chi connectivity index (χ0) is 11.7. The SMILES string of the molecule is O=C(O)C1CNCC1c1cc(F)cc(F)c1. The molecule has 1 aliphatic rings. The molecule has 0 aliphatic carbocycles. The maximum atomic E-state index is 13.0. The standard InChI is InChI=1S/C11H11F2NO2/c12-7-1-6(2-8(13)3-7)9-4-14-5-10(9)11(15)16/h1-3,9-10,14H,4-5H2,(H,15,16). The van der Waals surface area contributed by atoms with Gasteiger partial charge in [0.1, 0.15) is 11.6 Å². The van der Waals surface area contributed by atoms with Crippen molar-refractivity contribution >= 4 is 5.97 Å². The topological polar surface area (TPSA) is 49.3 Å². The lowest BCUT2D eigenvalue weighted by atomic mass is 9.89. The summed E-state index contributed by atoms with van der Waals surface area (Å²) < 4.78 is 26.0. The van der Waals surface area contributed by atoms with E-state index in [9.17, 15) is 13.6 Å². The molecule has 3 nitrogen and oxygen atoms in total. The molecule has 0 radical (unpaired) electrons. The first-order valence-corrected chi connectivity index (χ1v) is 4.97. The Labute approximate surface area is 91.1 Å². The summed E-state index contributed by atoms with van der Waals surface area (Å²) in [5, 5.41) is 11.9. The molecule has 5 heteroatoms. The number of aliphatic carboxylic acids is 1. The van der Waals surface area contributed by atoms with Gasteiger partial charge in [0, 0.05) is 25.1 Å². The van der Waals surface area contributed by atoms with Gasteiger partial charge in [-0.3, -0.25) is 4.79 Å². The van der Waals surface area contributed by atoms with Gasteiger partial charge in [0.05, 0.1) is 5.92 Å². The minimum Gasteiger partial charge on any atom is -0.481 e. The van der Waals surface area contributed by atoms with Gasteiger partial charge in [0.2, 0.25) is 0 Å². The molecule has 0 aromatic heterocycles. The first-order chi connectivity index (χ1) is 7.58. The Morgan fingerprint density at radius 3 is 2.44 bits per heavy atom. The number of hydrogen-bond acceptors (Lipinski definition) is 2. The number of carboxylic acid groups (broad SMARTS) is 1. The largest absolute Gasteiger partial charge is 0.481 e. The molecule has 1 heterocycles. The van der Waals surface area contributed by atoms with Crippen LogP contribution in [-0.4, -0.2) is 24.2 Å². The van der Waals surface area contributed by atoms with Crippen LogP contribution in [0.25, 0.3) is 0 Å². The minimum atomic E-state index is -0.945. The summed E-state index contributed by atoms with van der Waals surface area (Å²) in [5.41, 5.74) is 0.398. The van der Waals surface area contributed by atoms with Crippen LogP contribution in [0.3, 0.4) is 0 Å². The van der Waals surface area contributed by atoms with Crippen LogP contribution in [0.15, 0.2) is 18.2 Å². The first-order valence-electron chi connectivity index (χ1n) is 4.97. The summed E-state index contributed by atoms with van der Waals surface area (Å²) in [6.45, 7) is 0.762. The highest BCUT2D eigenvalue weighted by molar-refractivity contribution is 5.72. The molecular formula is C11H11F2NO2. The Morgan fingerprint density at radius 2 is 1.88 bits per heavy atom. The molecule has 1 aromatic rings. The fraction of sp³-hybridized carbons (Fsp3) is 0.364. The zero-order valence-corrected chi connectivity index (χ0v) is 8.41. The Balaban J connectivity index is 2.32. The fourth-order valence-electron chi connectivity index (χ4n) is 2.08.